The zero-order chi connectivity index (χ0) is 14.7. The number of carbonyl (C=O) groups excluding carboxylic acids is 1. The molecule has 2 rings (SSSR count). The summed E-state index contributed by atoms with van der Waals surface area (Å²) in [5, 5.41) is 0. The minimum absolute atomic E-state index is 0.224. The maximum absolute atomic E-state index is 12.2. The standard InChI is InChI=1S/C18H27NO/c1-13-5-7-16(8-6-13)11-19(4)12-17-15(3)9-14(2)10-18(17)20/h5-8,14-15,17H,9-12H2,1-4H3. The summed E-state index contributed by atoms with van der Waals surface area (Å²) in [6.07, 6.45) is 1.96. The molecule has 1 fully saturated rings. The largest absolute Gasteiger partial charge is 0.301 e. The highest BCUT2D eigenvalue weighted by Gasteiger charge is 2.32. The molecule has 0 radical (unpaired) electrons. The lowest BCUT2D eigenvalue weighted by Gasteiger charge is -2.34. The molecule has 3 unspecified atom stereocenters. The van der Waals surface area contributed by atoms with Crippen LogP contribution in [0, 0.1) is 24.7 Å². The molecule has 2 nitrogen and oxygen atoms in total. The van der Waals surface area contributed by atoms with Crippen LogP contribution in [0.1, 0.15) is 37.8 Å². The van der Waals surface area contributed by atoms with E-state index in [-0.39, 0.29) is 5.92 Å². The van der Waals surface area contributed by atoms with Crippen molar-refractivity contribution in [2.75, 3.05) is 13.6 Å². The topological polar surface area (TPSA) is 20.3 Å². The average Bonchev–Trinajstić information content (AvgIpc) is 2.36. The lowest BCUT2D eigenvalue weighted by molar-refractivity contribution is -0.128. The normalized spacial score (nSPS) is 27.1. The van der Waals surface area contributed by atoms with Crippen LogP contribution in [-0.2, 0) is 11.3 Å². The molecule has 0 spiro atoms. The first kappa shape index (κ1) is 15.2. The Morgan fingerprint density at radius 1 is 1.20 bits per heavy atom. The number of nitrogens with zero attached hydrogens (tertiary/aromatic N) is 1. The van der Waals surface area contributed by atoms with Crippen molar-refractivity contribution in [3.63, 3.8) is 0 Å². The molecule has 0 heterocycles. The second-order valence-electron chi connectivity index (χ2n) is 6.78. The van der Waals surface area contributed by atoms with Gasteiger partial charge in [0.05, 0.1) is 0 Å². The Morgan fingerprint density at radius 3 is 2.45 bits per heavy atom. The number of benzene rings is 1. The van der Waals surface area contributed by atoms with Crippen molar-refractivity contribution >= 4 is 5.78 Å². The van der Waals surface area contributed by atoms with Crippen LogP contribution in [0.2, 0.25) is 0 Å². The molecule has 0 aromatic heterocycles. The average molecular weight is 273 g/mol. The number of hydrogen-bond donors (Lipinski definition) is 0. The van der Waals surface area contributed by atoms with E-state index in [9.17, 15) is 4.79 Å². The lowest BCUT2D eigenvalue weighted by Crippen LogP contribution is -2.38. The molecule has 3 atom stereocenters. The molecule has 0 N–H and O–H groups in total. The van der Waals surface area contributed by atoms with Crippen LogP contribution in [0.4, 0.5) is 0 Å². The summed E-state index contributed by atoms with van der Waals surface area (Å²) in [7, 11) is 2.12. The van der Waals surface area contributed by atoms with Gasteiger partial charge >= 0.3 is 0 Å². The van der Waals surface area contributed by atoms with Crippen molar-refractivity contribution in [1.29, 1.82) is 0 Å². The summed E-state index contributed by atoms with van der Waals surface area (Å²) in [4.78, 5) is 14.5. The monoisotopic (exact) mass is 273 g/mol. The Hall–Kier alpha value is -1.15. The highest BCUT2D eigenvalue weighted by Crippen LogP contribution is 2.31. The van der Waals surface area contributed by atoms with Crippen molar-refractivity contribution < 1.29 is 4.79 Å². The van der Waals surface area contributed by atoms with E-state index in [1.54, 1.807) is 0 Å². The highest BCUT2D eigenvalue weighted by atomic mass is 16.1. The number of aryl methyl sites for hydroxylation is 1. The first-order valence-corrected chi connectivity index (χ1v) is 7.72. The van der Waals surface area contributed by atoms with Crippen molar-refractivity contribution in [3.05, 3.63) is 35.4 Å². The number of hydrogen-bond acceptors (Lipinski definition) is 2. The molecule has 0 saturated heterocycles. The molecule has 0 amide bonds. The van der Waals surface area contributed by atoms with E-state index in [2.05, 4.69) is 57.0 Å². The molecule has 0 aliphatic heterocycles. The van der Waals surface area contributed by atoms with Crippen molar-refractivity contribution in [2.45, 2.75) is 40.2 Å². The quantitative estimate of drug-likeness (QED) is 0.834. The van der Waals surface area contributed by atoms with Crippen LogP contribution < -0.4 is 0 Å². The summed E-state index contributed by atoms with van der Waals surface area (Å²) in [6.45, 7) is 8.35. The molecule has 0 bridgehead atoms. The highest BCUT2D eigenvalue weighted by molar-refractivity contribution is 5.82. The molecule has 20 heavy (non-hydrogen) atoms. The van der Waals surface area contributed by atoms with Crippen LogP contribution in [-0.4, -0.2) is 24.3 Å². The maximum Gasteiger partial charge on any atom is 0.137 e. The van der Waals surface area contributed by atoms with Gasteiger partial charge in [-0.2, -0.15) is 0 Å². The van der Waals surface area contributed by atoms with Crippen LogP contribution >= 0.6 is 0 Å². The zero-order valence-corrected chi connectivity index (χ0v) is 13.2. The van der Waals surface area contributed by atoms with Crippen molar-refractivity contribution in [3.8, 4) is 0 Å². The Balaban J connectivity index is 1.92. The van der Waals surface area contributed by atoms with Gasteiger partial charge < -0.3 is 4.90 Å². The van der Waals surface area contributed by atoms with Gasteiger partial charge in [0, 0.05) is 25.4 Å². The minimum Gasteiger partial charge on any atom is -0.301 e. The smallest absolute Gasteiger partial charge is 0.137 e. The van der Waals surface area contributed by atoms with Gasteiger partial charge in [0.25, 0.3) is 0 Å². The molecule has 110 valence electrons. The predicted molar refractivity (Wildman–Crippen MR) is 83.6 cm³/mol. The van der Waals surface area contributed by atoms with E-state index >= 15 is 0 Å². The third-order valence-electron chi connectivity index (χ3n) is 4.51. The molecular weight excluding hydrogens is 246 g/mol. The van der Waals surface area contributed by atoms with E-state index in [1.165, 1.54) is 17.5 Å². The molecular formula is C18H27NO. The van der Waals surface area contributed by atoms with Gasteiger partial charge in [0.2, 0.25) is 0 Å². The summed E-state index contributed by atoms with van der Waals surface area (Å²) >= 11 is 0. The van der Waals surface area contributed by atoms with E-state index in [0.717, 1.165) is 19.5 Å². The Kier molecular flexibility index (Phi) is 4.98. The molecule has 1 aromatic carbocycles. The van der Waals surface area contributed by atoms with Crippen LogP contribution in [0.25, 0.3) is 0 Å². The molecule has 1 aromatic rings. The summed E-state index contributed by atoms with van der Waals surface area (Å²) in [5.74, 6) is 1.77. The van der Waals surface area contributed by atoms with Gasteiger partial charge in [-0.3, -0.25) is 4.79 Å². The third-order valence-corrected chi connectivity index (χ3v) is 4.51. The minimum atomic E-state index is 0.224. The van der Waals surface area contributed by atoms with Crippen LogP contribution in [0.15, 0.2) is 24.3 Å². The fourth-order valence-electron chi connectivity index (χ4n) is 3.38. The zero-order valence-electron chi connectivity index (χ0n) is 13.2. The van der Waals surface area contributed by atoms with Gasteiger partial charge in [-0.1, -0.05) is 43.7 Å². The molecule has 1 aliphatic carbocycles. The number of Topliss-reactive ketones (excluding diaryl/α,β-unsaturated/α-hetero) is 1. The summed E-state index contributed by atoms with van der Waals surface area (Å²) in [5.41, 5.74) is 2.61. The number of ketones is 1. The van der Waals surface area contributed by atoms with Gasteiger partial charge in [-0.25, -0.2) is 0 Å². The first-order chi connectivity index (χ1) is 9.45. The van der Waals surface area contributed by atoms with E-state index in [4.69, 9.17) is 0 Å². The fourth-order valence-corrected chi connectivity index (χ4v) is 3.38. The number of carbonyl (C=O) groups is 1. The van der Waals surface area contributed by atoms with Gasteiger partial charge in [-0.05, 0) is 37.8 Å². The van der Waals surface area contributed by atoms with E-state index in [1.807, 2.05) is 0 Å². The SMILES string of the molecule is Cc1ccc(CN(C)CC2C(=O)CC(C)CC2C)cc1. The lowest BCUT2D eigenvalue weighted by atomic mass is 9.74. The van der Waals surface area contributed by atoms with Gasteiger partial charge in [0.15, 0.2) is 0 Å². The van der Waals surface area contributed by atoms with Crippen molar-refractivity contribution in [2.24, 2.45) is 17.8 Å². The van der Waals surface area contributed by atoms with Crippen molar-refractivity contribution in [1.82, 2.24) is 4.90 Å². The fraction of sp³-hybridized carbons (Fsp3) is 0.611. The first-order valence-electron chi connectivity index (χ1n) is 7.72. The summed E-state index contributed by atoms with van der Waals surface area (Å²) in [6, 6.07) is 8.67. The predicted octanol–water partition coefficient (Wildman–Crippen LogP) is 3.68. The van der Waals surface area contributed by atoms with Crippen LogP contribution in [0.3, 0.4) is 0 Å². The van der Waals surface area contributed by atoms with Gasteiger partial charge in [0.1, 0.15) is 5.78 Å². The summed E-state index contributed by atoms with van der Waals surface area (Å²) < 4.78 is 0. The van der Waals surface area contributed by atoms with Gasteiger partial charge in [-0.15, -0.1) is 0 Å². The maximum atomic E-state index is 12.2. The Morgan fingerprint density at radius 2 is 1.85 bits per heavy atom. The third kappa shape index (κ3) is 3.92. The van der Waals surface area contributed by atoms with E-state index in [0.29, 0.717) is 17.6 Å². The Bertz CT molecular complexity index is 451. The molecule has 2 heteroatoms. The van der Waals surface area contributed by atoms with Crippen LogP contribution in [0.5, 0.6) is 0 Å². The number of rotatable bonds is 4. The molecule has 1 aliphatic rings. The second kappa shape index (κ2) is 6.53. The Labute approximate surface area is 123 Å². The second-order valence-corrected chi connectivity index (χ2v) is 6.78. The van der Waals surface area contributed by atoms with E-state index < -0.39 is 0 Å². The molecule has 1 saturated carbocycles.